The van der Waals surface area contributed by atoms with Gasteiger partial charge in [-0.25, -0.2) is 4.79 Å². The largest absolute Gasteiger partial charge is 0.420 e. The summed E-state index contributed by atoms with van der Waals surface area (Å²) in [5.41, 5.74) is 1.76. The molecule has 0 saturated heterocycles. The van der Waals surface area contributed by atoms with Crippen molar-refractivity contribution in [1.29, 1.82) is 0 Å². The van der Waals surface area contributed by atoms with Gasteiger partial charge in [-0.1, -0.05) is 47.4 Å². The number of hydrogen-bond acceptors (Lipinski definition) is 9. The molecule has 1 aliphatic rings. The van der Waals surface area contributed by atoms with Gasteiger partial charge in [0.1, 0.15) is 6.54 Å². The van der Waals surface area contributed by atoms with Crippen molar-refractivity contribution in [2.75, 3.05) is 17.6 Å². The van der Waals surface area contributed by atoms with Gasteiger partial charge >= 0.3 is 5.76 Å². The fraction of sp³-hybridized carbons (Fsp3) is 0.143. The number of thioether (sulfide) groups is 1. The first-order valence-electron chi connectivity index (χ1n) is 9.81. The van der Waals surface area contributed by atoms with Crippen LogP contribution in [0.2, 0.25) is 0 Å². The molecule has 5 rings (SSSR count). The molecule has 0 aliphatic carbocycles. The smallest absolute Gasteiger partial charge is 0.408 e. The van der Waals surface area contributed by atoms with Crippen molar-refractivity contribution in [2.24, 2.45) is 0 Å². The number of anilines is 1. The molecule has 0 spiro atoms. The maximum absolute atomic E-state index is 12.4. The lowest BCUT2D eigenvalue weighted by Crippen LogP contribution is -2.31. The van der Waals surface area contributed by atoms with Gasteiger partial charge in [-0.3, -0.25) is 29.2 Å². The van der Waals surface area contributed by atoms with Gasteiger partial charge in [0, 0.05) is 12.3 Å². The number of nitrogens with one attached hydrogen (secondary N) is 1. The molecular weight excluding hydrogens is 466 g/mol. The maximum Gasteiger partial charge on any atom is 0.420 e. The molecule has 0 fully saturated rings. The molecule has 3 amide bonds. The van der Waals surface area contributed by atoms with Crippen LogP contribution in [0.4, 0.5) is 5.13 Å². The molecular formula is C21H15N5O5S2. The van der Waals surface area contributed by atoms with Crippen LogP contribution < -0.4 is 11.1 Å². The van der Waals surface area contributed by atoms with E-state index >= 15 is 0 Å². The Morgan fingerprint density at radius 3 is 2.45 bits per heavy atom. The SMILES string of the molecule is O=C(Cn1c(=O)oc2ccccc21)Nc1nnc(SCCN2C(=O)c3ccccc3C2=O)s1. The van der Waals surface area contributed by atoms with Crippen LogP contribution in [0.1, 0.15) is 20.7 Å². The molecule has 0 bridgehead atoms. The monoisotopic (exact) mass is 481 g/mol. The summed E-state index contributed by atoms with van der Waals surface area (Å²) in [6, 6.07) is 13.6. The van der Waals surface area contributed by atoms with Crippen LogP contribution in [0.3, 0.4) is 0 Å². The third-order valence-corrected chi connectivity index (χ3v) is 6.90. The number of benzene rings is 2. The predicted molar refractivity (Wildman–Crippen MR) is 122 cm³/mol. The van der Waals surface area contributed by atoms with Crippen LogP contribution in [-0.2, 0) is 11.3 Å². The van der Waals surface area contributed by atoms with E-state index in [4.69, 9.17) is 4.42 Å². The summed E-state index contributed by atoms with van der Waals surface area (Å²) in [5.74, 6) is -1.23. The average Bonchev–Trinajstić information content (AvgIpc) is 3.45. The minimum Gasteiger partial charge on any atom is -0.408 e. The van der Waals surface area contributed by atoms with E-state index in [1.165, 1.54) is 21.2 Å². The van der Waals surface area contributed by atoms with Crippen molar-refractivity contribution >= 4 is 57.1 Å². The Bertz CT molecular complexity index is 1420. The maximum atomic E-state index is 12.4. The third-order valence-electron chi connectivity index (χ3n) is 4.95. The normalized spacial score (nSPS) is 13.0. The van der Waals surface area contributed by atoms with E-state index in [-0.39, 0.29) is 30.0 Å². The number of hydrogen-bond donors (Lipinski definition) is 1. The number of imide groups is 1. The Kier molecular flexibility index (Phi) is 5.52. The Hall–Kier alpha value is -3.77. The zero-order valence-corrected chi connectivity index (χ0v) is 18.5. The van der Waals surface area contributed by atoms with Gasteiger partial charge in [0.2, 0.25) is 11.0 Å². The highest BCUT2D eigenvalue weighted by atomic mass is 32.2. The van der Waals surface area contributed by atoms with Gasteiger partial charge in [-0.05, 0) is 24.3 Å². The molecule has 2 aromatic heterocycles. The number of para-hydroxylation sites is 2. The Labute approximate surface area is 194 Å². The fourth-order valence-corrected chi connectivity index (χ4v) is 5.21. The van der Waals surface area contributed by atoms with E-state index in [1.807, 2.05) is 0 Å². The third kappa shape index (κ3) is 4.05. The van der Waals surface area contributed by atoms with Crippen LogP contribution in [-0.4, -0.2) is 49.7 Å². The van der Waals surface area contributed by atoms with Crippen molar-refractivity contribution < 1.29 is 18.8 Å². The predicted octanol–water partition coefficient (Wildman–Crippen LogP) is 2.47. The second-order valence-electron chi connectivity index (χ2n) is 7.00. The number of aromatic nitrogens is 3. The number of carbonyl (C=O) groups excluding carboxylic acids is 3. The first kappa shape index (κ1) is 21.1. The van der Waals surface area contributed by atoms with E-state index in [2.05, 4.69) is 15.5 Å². The summed E-state index contributed by atoms with van der Waals surface area (Å²) in [4.78, 5) is 50.4. The van der Waals surface area contributed by atoms with Crippen molar-refractivity contribution in [3.63, 3.8) is 0 Å². The highest BCUT2D eigenvalue weighted by molar-refractivity contribution is 8.01. The molecule has 0 atom stereocenters. The highest BCUT2D eigenvalue weighted by Crippen LogP contribution is 2.27. The van der Waals surface area contributed by atoms with Gasteiger partial charge in [-0.2, -0.15) is 0 Å². The van der Waals surface area contributed by atoms with Crippen LogP contribution in [0, 0.1) is 0 Å². The lowest BCUT2D eigenvalue weighted by atomic mass is 10.1. The number of carbonyl (C=O) groups is 3. The molecule has 33 heavy (non-hydrogen) atoms. The van der Waals surface area contributed by atoms with Crippen LogP contribution in [0.15, 0.2) is 62.1 Å². The average molecular weight is 482 g/mol. The highest BCUT2D eigenvalue weighted by Gasteiger charge is 2.34. The quantitative estimate of drug-likeness (QED) is 0.242. The lowest BCUT2D eigenvalue weighted by Gasteiger charge is -2.12. The molecule has 166 valence electrons. The number of oxazole rings is 1. The van der Waals surface area contributed by atoms with Gasteiger partial charge in [0.05, 0.1) is 16.6 Å². The fourth-order valence-electron chi connectivity index (χ4n) is 3.45. The van der Waals surface area contributed by atoms with Crippen LogP contribution >= 0.6 is 23.1 Å². The zero-order chi connectivity index (χ0) is 22.9. The number of amides is 3. The Balaban J connectivity index is 1.16. The Morgan fingerprint density at radius 1 is 1.00 bits per heavy atom. The Morgan fingerprint density at radius 2 is 1.70 bits per heavy atom. The summed E-state index contributed by atoms with van der Waals surface area (Å²) in [6.07, 6.45) is 0. The zero-order valence-electron chi connectivity index (χ0n) is 16.9. The van der Waals surface area contributed by atoms with Gasteiger partial charge in [-0.15, -0.1) is 10.2 Å². The second-order valence-corrected chi connectivity index (χ2v) is 9.32. The van der Waals surface area contributed by atoms with Crippen molar-refractivity contribution in [3.8, 4) is 0 Å². The first-order chi connectivity index (χ1) is 16.0. The summed E-state index contributed by atoms with van der Waals surface area (Å²) >= 11 is 2.49. The number of nitrogens with zero attached hydrogens (tertiary/aromatic N) is 4. The topological polar surface area (TPSA) is 127 Å². The van der Waals surface area contributed by atoms with Crippen LogP contribution in [0.25, 0.3) is 11.1 Å². The van der Waals surface area contributed by atoms with Crippen molar-refractivity contribution in [2.45, 2.75) is 10.9 Å². The van der Waals surface area contributed by atoms with Gasteiger partial charge in [0.25, 0.3) is 11.8 Å². The van der Waals surface area contributed by atoms with E-state index in [0.717, 1.165) is 11.3 Å². The molecule has 4 aromatic rings. The standard InChI is InChI=1S/C21H15N5O5S2/c27-16(11-26-14-7-3-4-8-15(14)31-21(26)30)22-19-23-24-20(33-19)32-10-9-25-17(28)12-5-1-2-6-13(12)18(25)29/h1-8H,9-11H2,(H,22,23,27). The molecule has 0 saturated carbocycles. The minimum atomic E-state index is -0.618. The molecule has 12 heteroatoms. The van der Waals surface area contributed by atoms with Crippen LogP contribution in [0.5, 0.6) is 0 Å². The van der Waals surface area contributed by atoms with E-state index < -0.39 is 11.7 Å². The molecule has 3 heterocycles. The summed E-state index contributed by atoms with van der Waals surface area (Å²) in [7, 11) is 0. The molecule has 1 N–H and O–H groups in total. The molecule has 1 aliphatic heterocycles. The van der Waals surface area contributed by atoms with E-state index in [1.54, 1.807) is 48.5 Å². The van der Waals surface area contributed by atoms with E-state index in [0.29, 0.717) is 32.3 Å². The summed E-state index contributed by atoms with van der Waals surface area (Å²) < 4.78 is 6.94. The van der Waals surface area contributed by atoms with Gasteiger partial charge < -0.3 is 4.42 Å². The lowest BCUT2D eigenvalue weighted by molar-refractivity contribution is -0.116. The van der Waals surface area contributed by atoms with Crippen molar-refractivity contribution in [3.05, 3.63) is 70.2 Å². The summed E-state index contributed by atoms with van der Waals surface area (Å²) in [6.45, 7) is 0.00636. The van der Waals surface area contributed by atoms with Gasteiger partial charge in [0.15, 0.2) is 9.92 Å². The molecule has 10 nitrogen and oxygen atoms in total. The van der Waals surface area contributed by atoms with E-state index in [9.17, 15) is 19.2 Å². The molecule has 0 radical (unpaired) electrons. The minimum absolute atomic E-state index is 0.225. The summed E-state index contributed by atoms with van der Waals surface area (Å²) in [5, 5.41) is 10.9. The van der Waals surface area contributed by atoms with Crippen molar-refractivity contribution in [1.82, 2.24) is 19.7 Å². The molecule has 2 aromatic carbocycles. The number of rotatable bonds is 7. The molecule has 0 unspecified atom stereocenters. The first-order valence-corrected chi connectivity index (χ1v) is 11.6. The second kappa shape index (κ2) is 8.64. The number of fused-ring (bicyclic) bond motifs is 2.